The number of rotatable bonds is 5. The summed E-state index contributed by atoms with van der Waals surface area (Å²) in [5, 5.41) is 15.8. The van der Waals surface area contributed by atoms with E-state index >= 15 is 0 Å². The summed E-state index contributed by atoms with van der Waals surface area (Å²) in [5.41, 5.74) is 1.13. The fourth-order valence-electron chi connectivity index (χ4n) is 2.75. The van der Waals surface area contributed by atoms with Crippen LogP contribution in [0.5, 0.6) is 0 Å². The van der Waals surface area contributed by atoms with Gasteiger partial charge in [0.05, 0.1) is 12.6 Å². The highest BCUT2D eigenvalue weighted by Crippen LogP contribution is 2.16. The van der Waals surface area contributed by atoms with Crippen LogP contribution in [0.25, 0.3) is 0 Å². The van der Waals surface area contributed by atoms with Crippen molar-refractivity contribution in [1.29, 1.82) is 0 Å². The molecule has 110 valence electrons. The normalized spacial score (nSPS) is 24.1. The van der Waals surface area contributed by atoms with E-state index in [1.165, 1.54) is 0 Å². The van der Waals surface area contributed by atoms with Crippen molar-refractivity contribution in [2.75, 3.05) is 13.2 Å². The molecule has 1 aromatic carbocycles. The van der Waals surface area contributed by atoms with Crippen molar-refractivity contribution in [3.63, 3.8) is 0 Å². The van der Waals surface area contributed by atoms with Crippen LogP contribution in [0.15, 0.2) is 30.3 Å². The highest BCUT2D eigenvalue weighted by atomic mass is 16.3. The lowest BCUT2D eigenvalue weighted by Crippen LogP contribution is -2.46. The second-order valence-electron chi connectivity index (χ2n) is 5.65. The molecule has 3 N–H and O–H groups in total. The summed E-state index contributed by atoms with van der Waals surface area (Å²) in [4.78, 5) is 12.3. The number of aliphatic hydroxyl groups excluding tert-OH is 1. The number of piperidine rings is 1. The van der Waals surface area contributed by atoms with Gasteiger partial charge in [0.2, 0.25) is 5.91 Å². The van der Waals surface area contributed by atoms with Gasteiger partial charge in [-0.2, -0.15) is 0 Å². The Kier molecular flexibility index (Phi) is 5.56. The average molecular weight is 276 g/mol. The summed E-state index contributed by atoms with van der Waals surface area (Å²) in [7, 11) is 0. The van der Waals surface area contributed by atoms with Crippen molar-refractivity contribution in [1.82, 2.24) is 10.6 Å². The molecule has 0 radical (unpaired) electrons. The zero-order valence-electron chi connectivity index (χ0n) is 12.0. The average Bonchev–Trinajstić information content (AvgIpc) is 2.47. The lowest BCUT2D eigenvalue weighted by Gasteiger charge is -2.28. The quantitative estimate of drug-likeness (QED) is 0.754. The number of aliphatic hydroxyl groups is 1. The number of nitrogens with one attached hydrogen (secondary N) is 2. The Labute approximate surface area is 120 Å². The number of amides is 1. The van der Waals surface area contributed by atoms with Crippen LogP contribution in [0.2, 0.25) is 0 Å². The summed E-state index contributed by atoms with van der Waals surface area (Å²) >= 11 is 0. The molecule has 0 aliphatic carbocycles. The van der Waals surface area contributed by atoms with Crippen molar-refractivity contribution in [2.24, 2.45) is 5.92 Å². The zero-order chi connectivity index (χ0) is 14.4. The molecule has 20 heavy (non-hydrogen) atoms. The molecule has 1 aromatic rings. The molecule has 1 fully saturated rings. The van der Waals surface area contributed by atoms with Crippen LogP contribution < -0.4 is 10.6 Å². The van der Waals surface area contributed by atoms with Crippen LogP contribution in [-0.2, 0) is 11.2 Å². The minimum Gasteiger partial charge on any atom is -0.394 e. The summed E-state index contributed by atoms with van der Waals surface area (Å²) in [6.07, 6.45) is 2.42. The third kappa shape index (κ3) is 4.32. The van der Waals surface area contributed by atoms with Gasteiger partial charge in [-0.1, -0.05) is 30.3 Å². The first kappa shape index (κ1) is 15.0. The second-order valence-corrected chi connectivity index (χ2v) is 5.65. The van der Waals surface area contributed by atoms with Crippen LogP contribution >= 0.6 is 0 Å². The minimum atomic E-state index is -0.199. The number of carbonyl (C=O) groups is 1. The van der Waals surface area contributed by atoms with Gasteiger partial charge < -0.3 is 15.7 Å². The van der Waals surface area contributed by atoms with E-state index < -0.39 is 0 Å². The minimum absolute atomic E-state index is 0.0266. The predicted octanol–water partition coefficient (Wildman–Crippen LogP) is 1.09. The Morgan fingerprint density at radius 3 is 2.85 bits per heavy atom. The largest absolute Gasteiger partial charge is 0.394 e. The van der Waals surface area contributed by atoms with Crippen LogP contribution in [0.1, 0.15) is 25.3 Å². The van der Waals surface area contributed by atoms with E-state index in [4.69, 9.17) is 0 Å². The fraction of sp³-hybridized carbons (Fsp3) is 0.562. The molecule has 1 aliphatic rings. The summed E-state index contributed by atoms with van der Waals surface area (Å²) in [5.74, 6) is 0.143. The van der Waals surface area contributed by atoms with Crippen LogP contribution in [0, 0.1) is 5.92 Å². The molecule has 1 heterocycles. The van der Waals surface area contributed by atoms with Gasteiger partial charge in [-0.3, -0.25) is 4.79 Å². The van der Waals surface area contributed by atoms with E-state index in [1.54, 1.807) is 0 Å². The van der Waals surface area contributed by atoms with Gasteiger partial charge in [0, 0.05) is 12.0 Å². The van der Waals surface area contributed by atoms with Crippen molar-refractivity contribution in [2.45, 2.75) is 38.3 Å². The lowest BCUT2D eigenvalue weighted by atomic mass is 9.92. The summed E-state index contributed by atoms with van der Waals surface area (Å²) in [6, 6.07) is 10.1. The molecule has 0 aromatic heterocycles. The molecule has 2 rings (SSSR count). The summed E-state index contributed by atoms with van der Waals surface area (Å²) < 4.78 is 0. The molecule has 0 bridgehead atoms. The van der Waals surface area contributed by atoms with Crippen molar-refractivity contribution in [3.8, 4) is 0 Å². The fourth-order valence-corrected chi connectivity index (χ4v) is 2.75. The number of hydrogen-bond acceptors (Lipinski definition) is 3. The third-order valence-electron chi connectivity index (χ3n) is 3.89. The van der Waals surface area contributed by atoms with E-state index in [0.717, 1.165) is 24.9 Å². The highest BCUT2D eigenvalue weighted by molar-refractivity contribution is 5.79. The van der Waals surface area contributed by atoms with Gasteiger partial charge in [-0.25, -0.2) is 0 Å². The van der Waals surface area contributed by atoms with E-state index in [0.29, 0.717) is 12.5 Å². The molecule has 4 nitrogen and oxygen atoms in total. The topological polar surface area (TPSA) is 61.4 Å². The number of hydrogen-bond donors (Lipinski definition) is 3. The molecule has 1 saturated heterocycles. The van der Waals surface area contributed by atoms with Gasteiger partial charge in [0.15, 0.2) is 0 Å². The number of carbonyl (C=O) groups excluding carboxylic acids is 1. The van der Waals surface area contributed by atoms with Crippen LogP contribution in [-0.4, -0.2) is 36.2 Å². The molecular weight excluding hydrogens is 252 g/mol. The van der Waals surface area contributed by atoms with E-state index in [-0.39, 0.29) is 24.5 Å². The molecule has 0 saturated carbocycles. The summed E-state index contributed by atoms with van der Waals surface area (Å²) in [6.45, 7) is 2.97. The van der Waals surface area contributed by atoms with E-state index in [9.17, 15) is 9.90 Å². The highest BCUT2D eigenvalue weighted by Gasteiger charge is 2.26. The predicted molar refractivity (Wildman–Crippen MR) is 79.4 cm³/mol. The Bertz CT molecular complexity index is 422. The maximum absolute atomic E-state index is 12.3. The molecule has 1 aliphatic heterocycles. The maximum Gasteiger partial charge on any atom is 0.223 e. The van der Waals surface area contributed by atoms with Crippen molar-refractivity contribution >= 4 is 5.91 Å². The first-order valence-electron chi connectivity index (χ1n) is 7.37. The Morgan fingerprint density at radius 1 is 1.45 bits per heavy atom. The van der Waals surface area contributed by atoms with Crippen molar-refractivity contribution < 1.29 is 9.90 Å². The van der Waals surface area contributed by atoms with Gasteiger partial charge in [-0.15, -0.1) is 0 Å². The van der Waals surface area contributed by atoms with Gasteiger partial charge in [-0.05, 0) is 38.3 Å². The standard InChI is InChI=1S/C16H24N2O2/c1-12-9-14(7-8-17-12)16(20)18-15(11-19)10-13-5-3-2-4-6-13/h2-6,12,14-15,17,19H,7-11H2,1H3,(H,18,20)/t12?,14?,15-/m1/s1. The van der Waals surface area contributed by atoms with Gasteiger partial charge in [0.25, 0.3) is 0 Å². The Morgan fingerprint density at radius 2 is 2.20 bits per heavy atom. The monoisotopic (exact) mass is 276 g/mol. The first-order chi connectivity index (χ1) is 9.69. The van der Waals surface area contributed by atoms with Gasteiger partial charge in [0.1, 0.15) is 0 Å². The SMILES string of the molecule is CC1CC(C(=O)N[C@@H](CO)Cc2ccccc2)CCN1. The third-order valence-corrected chi connectivity index (χ3v) is 3.89. The molecule has 1 amide bonds. The van der Waals surface area contributed by atoms with Crippen LogP contribution in [0.3, 0.4) is 0 Å². The number of benzene rings is 1. The maximum atomic E-state index is 12.3. The Hall–Kier alpha value is -1.39. The first-order valence-corrected chi connectivity index (χ1v) is 7.37. The van der Waals surface area contributed by atoms with Crippen molar-refractivity contribution in [3.05, 3.63) is 35.9 Å². The molecule has 0 spiro atoms. The Balaban J connectivity index is 1.87. The lowest BCUT2D eigenvalue weighted by molar-refractivity contribution is -0.127. The zero-order valence-corrected chi connectivity index (χ0v) is 12.0. The second kappa shape index (κ2) is 7.41. The smallest absolute Gasteiger partial charge is 0.223 e. The molecule has 3 atom stereocenters. The molecular formula is C16H24N2O2. The van der Waals surface area contributed by atoms with Gasteiger partial charge >= 0.3 is 0 Å². The van der Waals surface area contributed by atoms with E-state index in [2.05, 4.69) is 17.6 Å². The van der Waals surface area contributed by atoms with E-state index in [1.807, 2.05) is 30.3 Å². The molecule has 4 heteroatoms. The van der Waals surface area contributed by atoms with Crippen LogP contribution in [0.4, 0.5) is 0 Å². The molecule has 2 unspecified atom stereocenters.